The van der Waals surface area contributed by atoms with Crippen molar-refractivity contribution in [1.29, 1.82) is 0 Å². The van der Waals surface area contributed by atoms with Gasteiger partial charge in [0, 0.05) is 18.5 Å². The predicted octanol–water partition coefficient (Wildman–Crippen LogP) is 4.02. The molecule has 0 bridgehead atoms. The first-order valence-corrected chi connectivity index (χ1v) is 8.56. The molecule has 0 aliphatic rings. The molecule has 2 aromatic rings. The van der Waals surface area contributed by atoms with Gasteiger partial charge in [0.25, 0.3) is 0 Å². The number of carbonyl (C=O) groups is 2. The van der Waals surface area contributed by atoms with Crippen LogP contribution in [0.25, 0.3) is 0 Å². The number of methoxy groups -OCH3 is 1. The quantitative estimate of drug-likeness (QED) is 0.661. The van der Waals surface area contributed by atoms with Gasteiger partial charge in [-0.1, -0.05) is 29.3 Å². The van der Waals surface area contributed by atoms with E-state index in [4.69, 9.17) is 27.9 Å². The number of carbonyl (C=O) groups excluding carboxylic acids is 2. The Kier molecular flexibility index (Phi) is 7.26. The van der Waals surface area contributed by atoms with Crippen LogP contribution in [0.4, 0.5) is 17.1 Å². The van der Waals surface area contributed by atoms with Crippen molar-refractivity contribution in [3.63, 3.8) is 0 Å². The van der Waals surface area contributed by atoms with E-state index < -0.39 is 6.04 Å². The summed E-state index contributed by atoms with van der Waals surface area (Å²) in [6, 6.07) is 11.5. The van der Waals surface area contributed by atoms with Crippen LogP contribution in [0.2, 0.25) is 10.0 Å². The maximum absolute atomic E-state index is 12.3. The lowest BCUT2D eigenvalue weighted by atomic mass is 10.2. The van der Waals surface area contributed by atoms with Gasteiger partial charge in [-0.05, 0) is 43.3 Å². The monoisotopic (exact) mass is 395 g/mol. The molecule has 6 nitrogen and oxygen atoms in total. The Hall–Kier alpha value is -2.28. The molecule has 138 valence electrons. The van der Waals surface area contributed by atoms with E-state index in [1.54, 1.807) is 49.4 Å². The third kappa shape index (κ3) is 5.62. The van der Waals surface area contributed by atoms with Crippen LogP contribution < -0.4 is 16.0 Å². The van der Waals surface area contributed by atoms with Gasteiger partial charge < -0.3 is 20.7 Å². The van der Waals surface area contributed by atoms with Gasteiger partial charge in [-0.25, -0.2) is 0 Å². The van der Waals surface area contributed by atoms with Crippen molar-refractivity contribution < 1.29 is 14.3 Å². The molecule has 2 amide bonds. The minimum absolute atomic E-state index is 0.0106. The van der Waals surface area contributed by atoms with Gasteiger partial charge in [0.05, 0.1) is 15.7 Å². The number of amides is 2. The van der Waals surface area contributed by atoms with Gasteiger partial charge in [-0.2, -0.15) is 0 Å². The van der Waals surface area contributed by atoms with Crippen LogP contribution in [0.1, 0.15) is 6.92 Å². The summed E-state index contributed by atoms with van der Waals surface area (Å²) in [5.41, 5.74) is 1.82. The van der Waals surface area contributed by atoms with Gasteiger partial charge in [-0.15, -0.1) is 0 Å². The Labute approximate surface area is 161 Å². The second-order valence-electron chi connectivity index (χ2n) is 5.52. The first-order valence-electron chi connectivity index (χ1n) is 7.81. The SMILES string of the molecule is COCC(=O)Nc1ccc(NC(C)C(=O)Nc2cccc(Cl)c2Cl)cc1. The summed E-state index contributed by atoms with van der Waals surface area (Å²) >= 11 is 12.0. The van der Waals surface area contributed by atoms with Crippen LogP contribution in [0.3, 0.4) is 0 Å². The zero-order chi connectivity index (χ0) is 19.1. The summed E-state index contributed by atoms with van der Waals surface area (Å²) in [6.45, 7) is 1.71. The highest BCUT2D eigenvalue weighted by atomic mass is 35.5. The van der Waals surface area contributed by atoms with Crippen LogP contribution in [0, 0.1) is 0 Å². The second kappa shape index (κ2) is 9.43. The molecule has 1 atom stereocenters. The molecule has 0 aromatic heterocycles. The fraction of sp³-hybridized carbons (Fsp3) is 0.222. The van der Waals surface area contributed by atoms with Crippen LogP contribution in [0.5, 0.6) is 0 Å². The molecule has 2 aromatic carbocycles. The van der Waals surface area contributed by atoms with Crippen molar-refractivity contribution in [3.8, 4) is 0 Å². The summed E-state index contributed by atoms with van der Waals surface area (Å²) in [6.07, 6.45) is 0. The number of benzene rings is 2. The third-order valence-corrected chi connectivity index (χ3v) is 4.25. The molecule has 0 aliphatic carbocycles. The largest absolute Gasteiger partial charge is 0.375 e. The molecule has 8 heteroatoms. The second-order valence-corrected chi connectivity index (χ2v) is 6.30. The van der Waals surface area contributed by atoms with Gasteiger partial charge in [0.2, 0.25) is 11.8 Å². The van der Waals surface area contributed by atoms with E-state index in [9.17, 15) is 9.59 Å². The van der Waals surface area contributed by atoms with E-state index in [2.05, 4.69) is 16.0 Å². The minimum Gasteiger partial charge on any atom is -0.375 e. The Morgan fingerprint density at radius 2 is 1.69 bits per heavy atom. The number of ether oxygens (including phenoxy) is 1. The molecule has 0 saturated carbocycles. The molecule has 0 heterocycles. The van der Waals surface area contributed by atoms with Gasteiger partial charge in [0.15, 0.2) is 0 Å². The van der Waals surface area contributed by atoms with Crippen molar-refractivity contribution in [2.75, 3.05) is 29.7 Å². The maximum atomic E-state index is 12.3. The topological polar surface area (TPSA) is 79.5 Å². The number of rotatable bonds is 7. The number of anilines is 3. The number of nitrogens with one attached hydrogen (secondary N) is 3. The van der Waals surface area contributed by atoms with Crippen molar-refractivity contribution in [1.82, 2.24) is 0 Å². The molecule has 1 unspecified atom stereocenters. The zero-order valence-corrected chi connectivity index (χ0v) is 15.8. The minimum atomic E-state index is -0.515. The van der Waals surface area contributed by atoms with Crippen LogP contribution in [-0.2, 0) is 14.3 Å². The highest BCUT2D eigenvalue weighted by molar-refractivity contribution is 6.44. The molecule has 0 saturated heterocycles. The lowest BCUT2D eigenvalue weighted by Crippen LogP contribution is -2.31. The Morgan fingerprint density at radius 3 is 2.35 bits per heavy atom. The molecule has 0 aliphatic heterocycles. The van der Waals surface area contributed by atoms with Crippen molar-refractivity contribution >= 4 is 52.1 Å². The third-order valence-electron chi connectivity index (χ3n) is 3.43. The van der Waals surface area contributed by atoms with E-state index in [0.717, 1.165) is 5.69 Å². The molecule has 0 radical (unpaired) electrons. The maximum Gasteiger partial charge on any atom is 0.250 e. The van der Waals surface area contributed by atoms with Crippen molar-refractivity contribution in [2.45, 2.75) is 13.0 Å². The number of hydrogen-bond donors (Lipinski definition) is 3. The Morgan fingerprint density at radius 1 is 1.04 bits per heavy atom. The Balaban J connectivity index is 1.94. The van der Waals surface area contributed by atoms with E-state index >= 15 is 0 Å². The van der Waals surface area contributed by atoms with Gasteiger partial charge in [0.1, 0.15) is 12.6 Å². The summed E-state index contributed by atoms with van der Waals surface area (Å²) in [4.78, 5) is 23.8. The molecular formula is C18H19Cl2N3O3. The van der Waals surface area contributed by atoms with E-state index in [1.165, 1.54) is 7.11 Å². The number of hydrogen-bond acceptors (Lipinski definition) is 4. The summed E-state index contributed by atoms with van der Waals surface area (Å²) in [7, 11) is 1.45. The molecule has 2 rings (SSSR count). The van der Waals surface area contributed by atoms with Gasteiger partial charge >= 0.3 is 0 Å². The highest BCUT2D eigenvalue weighted by Crippen LogP contribution is 2.29. The standard InChI is InChI=1S/C18H19Cl2N3O3/c1-11(18(25)23-15-5-3-4-14(19)17(15)20)21-12-6-8-13(9-7-12)22-16(24)10-26-2/h3-9,11,21H,10H2,1-2H3,(H,22,24)(H,23,25). The smallest absolute Gasteiger partial charge is 0.250 e. The lowest BCUT2D eigenvalue weighted by Gasteiger charge is -2.16. The normalized spacial score (nSPS) is 11.5. The van der Waals surface area contributed by atoms with E-state index in [0.29, 0.717) is 21.4 Å². The fourth-order valence-electron chi connectivity index (χ4n) is 2.13. The number of halogens is 2. The van der Waals surface area contributed by atoms with Crippen molar-refractivity contribution in [3.05, 3.63) is 52.5 Å². The molecule has 0 fully saturated rings. The average molecular weight is 396 g/mol. The average Bonchev–Trinajstić information content (AvgIpc) is 2.60. The predicted molar refractivity (Wildman–Crippen MR) is 105 cm³/mol. The molecule has 26 heavy (non-hydrogen) atoms. The van der Waals surface area contributed by atoms with Gasteiger partial charge in [-0.3, -0.25) is 9.59 Å². The van der Waals surface area contributed by atoms with Crippen LogP contribution >= 0.6 is 23.2 Å². The highest BCUT2D eigenvalue weighted by Gasteiger charge is 2.15. The lowest BCUT2D eigenvalue weighted by molar-refractivity contribution is -0.119. The molecular weight excluding hydrogens is 377 g/mol. The first kappa shape index (κ1) is 20.0. The summed E-state index contributed by atoms with van der Waals surface area (Å²) < 4.78 is 4.76. The summed E-state index contributed by atoms with van der Waals surface area (Å²) in [5, 5.41) is 9.17. The molecule has 3 N–H and O–H groups in total. The van der Waals surface area contributed by atoms with E-state index in [1.807, 2.05) is 0 Å². The van der Waals surface area contributed by atoms with Crippen LogP contribution in [-0.4, -0.2) is 31.6 Å². The van der Waals surface area contributed by atoms with Crippen molar-refractivity contribution in [2.24, 2.45) is 0 Å². The Bertz CT molecular complexity index is 782. The molecule has 0 spiro atoms. The zero-order valence-electron chi connectivity index (χ0n) is 14.3. The fourth-order valence-corrected chi connectivity index (χ4v) is 2.48. The summed E-state index contributed by atoms with van der Waals surface area (Å²) in [5.74, 6) is -0.494. The first-order chi connectivity index (χ1) is 12.4. The van der Waals surface area contributed by atoms with E-state index in [-0.39, 0.29) is 18.4 Å². The van der Waals surface area contributed by atoms with Crippen LogP contribution in [0.15, 0.2) is 42.5 Å².